The summed E-state index contributed by atoms with van der Waals surface area (Å²) < 4.78 is 9.71. The van der Waals surface area contributed by atoms with Crippen molar-refractivity contribution in [3.05, 3.63) is 35.9 Å². The molecule has 0 amide bonds. The number of carbonyl (C=O) groups excluding carboxylic acids is 2. The van der Waals surface area contributed by atoms with Crippen molar-refractivity contribution in [2.24, 2.45) is 0 Å². The molecule has 0 aliphatic rings. The van der Waals surface area contributed by atoms with E-state index in [4.69, 9.17) is 8.92 Å². The van der Waals surface area contributed by atoms with Crippen LogP contribution in [-0.2, 0) is 13.7 Å². The lowest BCUT2D eigenvalue weighted by atomic mass is 10.1. The van der Waals surface area contributed by atoms with E-state index in [1.807, 2.05) is 18.2 Å². The fourth-order valence-electron chi connectivity index (χ4n) is 1.32. The van der Waals surface area contributed by atoms with E-state index in [0.717, 1.165) is 29.4 Å². The molecule has 1 rings (SSSR count). The topological polar surface area (TPSA) is 52.6 Å². The number of hydrogen-bond donors (Lipinski definition) is 0. The van der Waals surface area contributed by atoms with Crippen LogP contribution in [0.5, 0.6) is 0 Å². The zero-order valence-corrected chi connectivity index (χ0v) is 12.5. The molecule has 0 saturated heterocycles. The van der Waals surface area contributed by atoms with Crippen molar-refractivity contribution in [1.29, 1.82) is 0 Å². The Kier molecular flexibility index (Phi) is 7.62. The number of benzene rings is 1. The summed E-state index contributed by atoms with van der Waals surface area (Å²) in [7, 11) is 0. The first-order valence-electron chi connectivity index (χ1n) is 5.90. The molecular weight excluding hydrogens is 284 g/mol. The highest BCUT2D eigenvalue weighted by molar-refractivity contribution is 8.37. The quantitative estimate of drug-likeness (QED) is 0.588. The molecule has 0 N–H and O–H groups in total. The lowest BCUT2D eigenvalue weighted by Gasteiger charge is -2.14. The summed E-state index contributed by atoms with van der Waals surface area (Å²) >= 11 is 1.66. The van der Waals surface area contributed by atoms with Crippen LogP contribution in [0.3, 0.4) is 0 Å². The van der Waals surface area contributed by atoms with Gasteiger partial charge in [0, 0.05) is 0 Å². The first-order chi connectivity index (χ1) is 9.19. The van der Waals surface area contributed by atoms with Crippen molar-refractivity contribution in [3.63, 3.8) is 0 Å². The number of carbonyl (C=O) groups is 2. The summed E-state index contributed by atoms with van der Waals surface area (Å²) in [4.78, 5) is 23.6. The Morgan fingerprint density at radius 3 is 2.42 bits per heavy atom. The summed E-state index contributed by atoms with van der Waals surface area (Å²) in [6, 6.07) is 9.10. The first kappa shape index (κ1) is 16.1. The summed E-state index contributed by atoms with van der Waals surface area (Å²) in [6.07, 6.45) is 0. The second-order valence-electron chi connectivity index (χ2n) is 3.40. The Labute approximate surface area is 121 Å². The maximum Gasteiger partial charge on any atom is 0.324 e. The van der Waals surface area contributed by atoms with Crippen LogP contribution < -0.4 is 0 Å². The summed E-state index contributed by atoms with van der Waals surface area (Å²) in [5.41, 5.74) is 0.747. The zero-order chi connectivity index (χ0) is 14.1. The standard InChI is InChI=1S/C13H16O4S2/c1-3-16-12(14)11(10-8-6-5-7-9-10)18-13(15)19-17-4-2/h5-9,11H,3-4H2,1-2H3. The van der Waals surface area contributed by atoms with Gasteiger partial charge in [0.25, 0.3) is 4.45 Å². The van der Waals surface area contributed by atoms with Gasteiger partial charge in [-0.15, -0.1) is 0 Å². The highest BCUT2D eigenvalue weighted by Gasteiger charge is 2.26. The number of ether oxygens (including phenoxy) is 1. The highest BCUT2D eigenvalue weighted by Crippen LogP contribution is 2.34. The van der Waals surface area contributed by atoms with Gasteiger partial charge in [-0.05, 0) is 19.4 Å². The van der Waals surface area contributed by atoms with E-state index in [1.165, 1.54) is 0 Å². The molecule has 0 bridgehead atoms. The van der Waals surface area contributed by atoms with Gasteiger partial charge in [-0.25, -0.2) is 0 Å². The first-order valence-corrected chi connectivity index (χ1v) is 7.52. The van der Waals surface area contributed by atoms with E-state index in [9.17, 15) is 9.59 Å². The number of esters is 1. The normalized spacial score (nSPS) is 11.9. The Bertz CT molecular complexity index is 408. The van der Waals surface area contributed by atoms with Gasteiger partial charge in [0.05, 0.1) is 25.3 Å². The predicted octanol–water partition coefficient (Wildman–Crippen LogP) is 3.83. The van der Waals surface area contributed by atoms with Crippen molar-refractivity contribution in [2.75, 3.05) is 13.2 Å². The van der Waals surface area contributed by atoms with Crippen molar-refractivity contribution < 1.29 is 18.5 Å². The molecule has 1 atom stereocenters. The van der Waals surface area contributed by atoms with Gasteiger partial charge in [-0.1, -0.05) is 42.1 Å². The van der Waals surface area contributed by atoms with Crippen LogP contribution in [0.2, 0.25) is 0 Å². The van der Waals surface area contributed by atoms with Crippen LogP contribution in [0.25, 0.3) is 0 Å². The van der Waals surface area contributed by atoms with E-state index in [1.54, 1.807) is 26.0 Å². The highest BCUT2D eigenvalue weighted by atomic mass is 32.2. The van der Waals surface area contributed by atoms with Crippen molar-refractivity contribution in [1.82, 2.24) is 0 Å². The molecule has 1 aromatic carbocycles. The molecule has 4 nitrogen and oxygen atoms in total. The van der Waals surface area contributed by atoms with Gasteiger partial charge in [-0.2, -0.15) is 0 Å². The Morgan fingerprint density at radius 1 is 1.16 bits per heavy atom. The van der Waals surface area contributed by atoms with Crippen molar-refractivity contribution in [2.45, 2.75) is 19.1 Å². The Morgan fingerprint density at radius 2 is 1.84 bits per heavy atom. The molecule has 0 fully saturated rings. The molecule has 0 aliphatic heterocycles. The number of hydrogen-bond acceptors (Lipinski definition) is 6. The fourth-order valence-corrected chi connectivity index (χ4v) is 2.78. The van der Waals surface area contributed by atoms with Gasteiger partial charge in [0.1, 0.15) is 5.25 Å². The van der Waals surface area contributed by atoms with E-state index in [0.29, 0.717) is 6.61 Å². The molecule has 0 aromatic heterocycles. The molecule has 1 unspecified atom stereocenters. The van der Waals surface area contributed by atoms with E-state index < -0.39 is 11.2 Å². The zero-order valence-electron chi connectivity index (χ0n) is 10.8. The van der Waals surface area contributed by atoms with E-state index in [-0.39, 0.29) is 11.1 Å². The van der Waals surface area contributed by atoms with Crippen LogP contribution in [0, 0.1) is 0 Å². The van der Waals surface area contributed by atoms with Gasteiger partial charge >= 0.3 is 5.97 Å². The molecule has 0 saturated carbocycles. The number of rotatable bonds is 6. The second kappa shape index (κ2) is 9.01. The van der Waals surface area contributed by atoms with Gasteiger partial charge in [-0.3, -0.25) is 9.59 Å². The minimum Gasteiger partial charge on any atom is -0.465 e. The lowest BCUT2D eigenvalue weighted by Crippen LogP contribution is -2.14. The maximum absolute atomic E-state index is 11.9. The SMILES string of the molecule is CCOSC(=O)SC(C(=O)OCC)c1ccccc1. The third-order valence-electron chi connectivity index (χ3n) is 2.06. The molecule has 6 heteroatoms. The van der Waals surface area contributed by atoms with Crippen LogP contribution in [-0.4, -0.2) is 23.6 Å². The van der Waals surface area contributed by atoms with Gasteiger partial charge in [0.15, 0.2) is 0 Å². The molecule has 0 radical (unpaired) electrons. The molecule has 0 heterocycles. The smallest absolute Gasteiger partial charge is 0.324 e. The molecule has 0 spiro atoms. The number of thioether (sulfide) groups is 1. The molecule has 0 aliphatic carbocycles. The minimum absolute atomic E-state index is 0.260. The summed E-state index contributed by atoms with van der Waals surface area (Å²) in [5, 5.41) is -0.651. The molecule has 19 heavy (non-hydrogen) atoms. The fraction of sp³-hybridized carbons (Fsp3) is 0.385. The monoisotopic (exact) mass is 300 g/mol. The predicted molar refractivity (Wildman–Crippen MR) is 78.0 cm³/mol. The van der Waals surface area contributed by atoms with Gasteiger partial charge in [0.2, 0.25) is 0 Å². The third kappa shape index (κ3) is 5.67. The average Bonchev–Trinajstić information content (AvgIpc) is 2.43. The van der Waals surface area contributed by atoms with Crippen LogP contribution >= 0.6 is 23.8 Å². The van der Waals surface area contributed by atoms with Crippen molar-refractivity contribution in [3.8, 4) is 0 Å². The average molecular weight is 300 g/mol. The molecule has 104 valence electrons. The Hall–Kier alpha value is -0.980. The molecule has 1 aromatic rings. The Balaban J connectivity index is 2.76. The second-order valence-corrected chi connectivity index (χ2v) is 5.51. The largest absolute Gasteiger partial charge is 0.465 e. The lowest BCUT2D eigenvalue weighted by molar-refractivity contribution is -0.142. The molecular formula is C13H16O4S2. The van der Waals surface area contributed by atoms with Crippen LogP contribution in [0.1, 0.15) is 24.7 Å². The van der Waals surface area contributed by atoms with Gasteiger partial charge < -0.3 is 8.92 Å². The van der Waals surface area contributed by atoms with Crippen molar-refractivity contribution >= 4 is 34.2 Å². The maximum atomic E-state index is 11.9. The van der Waals surface area contributed by atoms with Crippen LogP contribution in [0.4, 0.5) is 4.79 Å². The summed E-state index contributed by atoms with van der Waals surface area (Å²) in [6.45, 7) is 4.26. The van der Waals surface area contributed by atoms with E-state index >= 15 is 0 Å². The van der Waals surface area contributed by atoms with Crippen LogP contribution in [0.15, 0.2) is 30.3 Å². The minimum atomic E-state index is -0.651. The third-order valence-corrected chi connectivity index (χ3v) is 3.94. The van der Waals surface area contributed by atoms with E-state index in [2.05, 4.69) is 0 Å². The summed E-state index contributed by atoms with van der Waals surface area (Å²) in [5.74, 6) is -0.413.